The molecular weight excluding hydrogens is 268 g/mol. The molecular formula is C17H23ClN2. The Balaban J connectivity index is 2.04. The van der Waals surface area contributed by atoms with Crippen LogP contribution in [0.5, 0.6) is 0 Å². The van der Waals surface area contributed by atoms with E-state index in [0.29, 0.717) is 6.04 Å². The van der Waals surface area contributed by atoms with Crippen LogP contribution in [0.1, 0.15) is 69.1 Å². The zero-order valence-corrected chi connectivity index (χ0v) is 12.9. The molecule has 1 aliphatic rings. The molecule has 3 rings (SSSR count). The minimum Gasteiger partial charge on any atom is -0.324 e. The van der Waals surface area contributed by atoms with Gasteiger partial charge in [0.25, 0.3) is 0 Å². The van der Waals surface area contributed by atoms with Crippen LogP contribution in [0.15, 0.2) is 24.3 Å². The Kier molecular flexibility index (Phi) is 4.30. The van der Waals surface area contributed by atoms with Gasteiger partial charge in [-0.3, -0.25) is 0 Å². The second-order valence-electron chi connectivity index (χ2n) is 5.94. The molecule has 0 bridgehead atoms. The first kappa shape index (κ1) is 13.9. The molecule has 1 fully saturated rings. The minimum atomic E-state index is -0.0344. The van der Waals surface area contributed by atoms with E-state index in [4.69, 9.17) is 16.6 Å². The number of alkyl halides is 1. The Morgan fingerprint density at radius 1 is 1.10 bits per heavy atom. The minimum absolute atomic E-state index is 0.0344. The van der Waals surface area contributed by atoms with Gasteiger partial charge in [-0.05, 0) is 31.9 Å². The van der Waals surface area contributed by atoms with Crippen molar-refractivity contribution in [2.75, 3.05) is 0 Å². The van der Waals surface area contributed by atoms with Gasteiger partial charge in [-0.1, -0.05) is 44.2 Å². The molecule has 3 heteroatoms. The van der Waals surface area contributed by atoms with Crippen molar-refractivity contribution in [3.63, 3.8) is 0 Å². The quantitative estimate of drug-likeness (QED) is 0.656. The highest BCUT2D eigenvalue weighted by atomic mass is 35.5. The molecule has 2 nitrogen and oxygen atoms in total. The summed E-state index contributed by atoms with van der Waals surface area (Å²) in [5, 5.41) is -0.0344. The van der Waals surface area contributed by atoms with Gasteiger partial charge in [0.2, 0.25) is 0 Å². The molecule has 1 unspecified atom stereocenters. The number of hydrogen-bond acceptors (Lipinski definition) is 1. The molecule has 20 heavy (non-hydrogen) atoms. The first-order chi connectivity index (χ1) is 9.77. The van der Waals surface area contributed by atoms with Crippen LogP contribution in [0.4, 0.5) is 0 Å². The number of fused-ring (bicyclic) bond motifs is 1. The SMILES string of the molecule is CC(Cl)c1nc2ccccc2n1C1CCCCCCC1. The van der Waals surface area contributed by atoms with Crippen molar-refractivity contribution >= 4 is 22.6 Å². The van der Waals surface area contributed by atoms with E-state index in [1.165, 1.54) is 50.5 Å². The maximum Gasteiger partial charge on any atom is 0.127 e. The molecule has 0 radical (unpaired) electrons. The Morgan fingerprint density at radius 3 is 2.45 bits per heavy atom. The van der Waals surface area contributed by atoms with E-state index in [0.717, 1.165) is 11.3 Å². The number of imidazole rings is 1. The predicted octanol–water partition coefficient (Wildman–Crippen LogP) is 5.62. The topological polar surface area (TPSA) is 17.8 Å². The van der Waals surface area contributed by atoms with Crippen molar-refractivity contribution in [1.82, 2.24) is 9.55 Å². The first-order valence-electron chi connectivity index (χ1n) is 7.88. The van der Waals surface area contributed by atoms with Gasteiger partial charge in [0.15, 0.2) is 0 Å². The monoisotopic (exact) mass is 290 g/mol. The third-order valence-corrected chi connectivity index (χ3v) is 4.61. The van der Waals surface area contributed by atoms with Crippen LogP contribution < -0.4 is 0 Å². The fourth-order valence-electron chi connectivity index (χ4n) is 3.42. The first-order valence-corrected chi connectivity index (χ1v) is 8.32. The van der Waals surface area contributed by atoms with Gasteiger partial charge in [0, 0.05) is 6.04 Å². The van der Waals surface area contributed by atoms with Gasteiger partial charge in [0.1, 0.15) is 5.82 Å². The van der Waals surface area contributed by atoms with Crippen LogP contribution in [0.3, 0.4) is 0 Å². The number of rotatable bonds is 2. The molecule has 0 spiro atoms. The van der Waals surface area contributed by atoms with Gasteiger partial charge in [-0.2, -0.15) is 0 Å². The zero-order valence-electron chi connectivity index (χ0n) is 12.2. The Hall–Kier alpha value is -1.02. The molecule has 0 amide bonds. The summed E-state index contributed by atoms with van der Waals surface area (Å²) in [6, 6.07) is 9.01. The van der Waals surface area contributed by atoms with Crippen LogP contribution in [0.25, 0.3) is 11.0 Å². The van der Waals surface area contributed by atoms with Crippen molar-refractivity contribution in [3.05, 3.63) is 30.1 Å². The second-order valence-corrected chi connectivity index (χ2v) is 6.60. The summed E-state index contributed by atoms with van der Waals surface area (Å²) in [6.45, 7) is 2.03. The van der Waals surface area contributed by atoms with E-state index in [1.54, 1.807) is 0 Å². The van der Waals surface area contributed by atoms with E-state index >= 15 is 0 Å². The van der Waals surface area contributed by atoms with E-state index in [2.05, 4.69) is 28.8 Å². The molecule has 1 aromatic carbocycles. The van der Waals surface area contributed by atoms with Crippen molar-refractivity contribution in [3.8, 4) is 0 Å². The molecule has 0 saturated heterocycles. The molecule has 0 aliphatic heterocycles. The summed E-state index contributed by atoms with van der Waals surface area (Å²) >= 11 is 6.39. The number of para-hydroxylation sites is 2. The summed E-state index contributed by atoms with van der Waals surface area (Å²) in [7, 11) is 0. The Bertz CT molecular complexity index is 565. The van der Waals surface area contributed by atoms with Crippen molar-refractivity contribution in [1.29, 1.82) is 0 Å². The van der Waals surface area contributed by atoms with Gasteiger partial charge < -0.3 is 4.57 Å². The molecule has 1 aromatic heterocycles. The fraction of sp³-hybridized carbons (Fsp3) is 0.588. The average Bonchev–Trinajstić information content (AvgIpc) is 2.78. The van der Waals surface area contributed by atoms with Crippen LogP contribution in [0.2, 0.25) is 0 Å². The lowest BCUT2D eigenvalue weighted by atomic mass is 9.96. The van der Waals surface area contributed by atoms with Crippen LogP contribution in [0, 0.1) is 0 Å². The molecule has 108 valence electrons. The highest BCUT2D eigenvalue weighted by Crippen LogP contribution is 2.34. The van der Waals surface area contributed by atoms with Gasteiger partial charge >= 0.3 is 0 Å². The molecule has 0 N–H and O–H groups in total. The second kappa shape index (κ2) is 6.17. The Morgan fingerprint density at radius 2 is 1.75 bits per heavy atom. The van der Waals surface area contributed by atoms with Crippen LogP contribution in [-0.2, 0) is 0 Å². The number of benzene rings is 1. The highest BCUT2D eigenvalue weighted by Gasteiger charge is 2.21. The van der Waals surface area contributed by atoms with E-state index in [1.807, 2.05) is 6.92 Å². The maximum absolute atomic E-state index is 6.39. The summed E-state index contributed by atoms with van der Waals surface area (Å²) < 4.78 is 2.43. The Labute approximate surface area is 126 Å². The van der Waals surface area contributed by atoms with Gasteiger partial charge in [-0.25, -0.2) is 4.98 Å². The van der Waals surface area contributed by atoms with E-state index in [9.17, 15) is 0 Å². The predicted molar refractivity (Wildman–Crippen MR) is 85.4 cm³/mol. The lowest BCUT2D eigenvalue weighted by molar-refractivity contribution is 0.371. The van der Waals surface area contributed by atoms with Gasteiger partial charge in [0.05, 0.1) is 16.4 Å². The number of nitrogens with zero attached hydrogens (tertiary/aromatic N) is 2. The van der Waals surface area contributed by atoms with Crippen LogP contribution in [-0.4, -0.2) is 9.55 Å². The molecule has 1 aliphatic carbocycles. The van der Waals surface area contributed by atoms with Gasteiger partial charge in [-0.15, -0.1) is 11.6 Å². The number of aromatic nitrogens is 2. The lowest BCUT2D eigenvalue weighted by Gasteiger charge is -2.24. The van der Waals surface area contributed by atoms with Crippen LogP contribution >= 0.6 is 11.6 Å². The van der Waals surface area contributed by atoms with E-state index in [-0.39, 0.29) is 5.38 Å². The smallest absolute Gasteiger partial charge is 0.127 e. The van der Waals surface area contributed by atoms with Crippen molar-refractivity contribution in [2.24, 2.45) is 0 Å². The van der Waals surface area contributed by atoms with E-state index < -0.39 is 0 Å². The average molecular weight is 291 g/mol. The van der Waals surface area contributed by atoms with Crippen molar-refractivity contribution in [2.45, 2.75) is 63.3 Å². The number of halogens is 1. The molecule has 1 saturated carbocycles. The largest absolute Gasteiger partial charge is 0.324 e. The third-order valence-electron chi connectivity index (χ3n) is 4.42. The summed E-state index contributed by atoms with van der Waals surface area (Å²) in [6.07, 6.45) is 9.31. The molecule has 2 aromatic rings. The summed E-state index contributed by atoms with van der Waals surface area (Å²) in [4.78, 5) is 4.77. The molecule has 1 heterocycles. The maximum atomic E-state index is 6.39. The lowest BCUT2D eigenvalue weighted by Crippen LogP contribution is -2.14. The summed E-state index contributed by atoms with van der Waals surface area (Å²) in [5.74, 6) is 1.04. The normalized spacial score (nSPS) is 19.7. The molecule has 1 atom stereocenters. The summed E-state index contributed by atoms with van der Waals surface area (Å²) in [5.41, 5.74) is 2.33. The zero-order chi connectivity index (χ0) is 13.9. The highest BCUT2D eigenvalue weighted by molar-refractivity contribution is 6.20. The number of hydrogen-bond donors (Lipinski definition) is 0. The fourth-order valence-corrected chi connectivity index (χ4v) is 3.57. The third kappa shape index (κ3) is 2.71. The van der Waals surface area contributed by atoms with Crippen molar-refractivity contribution < 1.29 is 0 Å². The standard InChI is InChI=1S/C17H23ClN2/c1-13(18)17-19-15-11-7-8-12-16(15)20(17)14-9-5-3-2-4-6-10-14/h7-8,11-14H,2-6,9-10H2,1H3.